The summed E-state index contributed by atoms with van der Waals surface area (Å²) in [5, 5.41) is 4.26. The zero-order valence-electron chi connectivity index (χ0n) is 20.1. The van der Waals surface area contributed by atoms with Crippen molar-refractivity contribution in [2.75, 3.05) is 5.32 Å². The minimum atomic E-state index is 0.00661. The van der Waals surface area contributed by atoms with Crippen LogP contribution < -0.4 is 5.32 Å². The topological polar surface area (TPSA) is 59.1 Å². The average Bonchev–Trinajstić information content (AvgIpc) is 2.89. The Hall–Kier alpha value is -4.57. The summed E-state index contributed by atoms with van der Waals surface area (Å²) in [4.78, 5) is 29.4. The lowest BCUT2D eigenvalue weighted by molar-refractivity contribution is 0.0990. The van der Waals surface area contributed by atoms with Crippen molar-refractivity contribution in [2.24, 2.45) is 0 Å². The molecule has 0 saturated carbocycles. The Balaban J connectivity index is 1.34. The molecule has 4 nitrogen and oxygen atoms in total. The highest BCUT2D eigenvalue weighted by atomic mass is 16.1. The summed E-state index contributed by atoms with van der Waals surface area (Å²) >= 11 is 0. The molecule has 36 heavy (non-hydrogen) atoms. The van der Waals surface area contributed by atoms with Crippen LogP contribution in [0, 0.1) is 0 Å². The van der Waals surface area contributed by atoms with Gasteiger partial charge in [0, 0.05) is 40.5 Å². The van der Waals surface area contributed by atoms with Gasteiger partial charge in [-0.1, -0.05) is 66.7 Å². The minimum Gasteiger partial charge on any atom is -0.355 e. The fourth-order valence-electron chi connectivity index (χ4n) is 4.37. The van der Waals surface area contributed by atoms with Crippen LogP contribution in [0.5, 0.6) is 0 Å². The Labute approximate surface area is 210 Å². The molecule has 5 rings (SSSR count). The van der Waals surface area contributed by atoms with Crippen LogP contribution in [0.1, 0.15) is 44.3 Å². The molecule has 0 saturated heterocycles. The lowest BCUT2D eigenvalue weighted by Gasteiger charge is -2.11. The molecule has 0 radical (unpaired) electrons. The smallest absolute Gasteiger partial charge is 0.167 e. The number of hydrogen-bond acceptors (Lipinski definition) is 4. The molecule has 0 atom stereocenters. The maximum Gasteiger partial charge on any atom is 0.167 e. The molecule has 0 fully saturated rings. The van der Waals surface area contributed by atoms with E-state index in [0.717, 1.165) is 34.3 Å². The SMILES string of the molecule is CC(=O)c1ccc2nccc(Nc3cccc(C(=O)Cc4cccc(Cc5ccccc5)c4)c3)c2c1. The molecule has 5 aromatic rings. The van der Waals surface area contributed by atoms with E-state index in [2.05, 4.69) is 34.6 Å². The monoisotopic (exact) mass is 470 g/mol. The fourth-order valence-corrected chi connectivity index (χ4v) is 4.37. The molecule has 0 amide bonds. The maximum absolute atomic E-state index is 13.1. The number of ketones is 2. The van der Waals surface area contributed by atoms with Gasteiger partial charge in [-0.3, -0.25) is 14.6 Å². The second-order valence-electron chi connectivity index (χ2n) is 8.93. The van der Waals surface area contributed by atoms with E-state index in [4.69, 9.17) is 0 Å². The van der Waals surface area contributed by atoms with Crippen LogP contribution in [-0.2, 0) is 12.8 Å². The average molecular weight is 471 g/mol. The van der Waals surface area contributed by atoms with Gasteiger partial charge in [0.15, 0.2) is 11.6 Å². The molecule has 176 valence electrons. The first kappa shape index (κ1) is 23.2. The summed E-state index contributed by atoms with van der Waals surface area (Å²) in [6, 6.07) is 33.5. The first-order valence-electron chi connectivity index (χ1n) is 12.0. The summed E-state index contributed by atoms with van der Waals surface area (Å²) in [5.41, 5.74) is 7.17. The number of aromatic nitrogens is 1. The van der Waals surface area contributed by atoms with Crippen LogP contribution in [0.25, 0.3) is 10.9 Å². The van der Waals surface area contributed by atoms with Crippen molar-refractivity contribution in [2.45, 2.75) is 19.8 Å². The van der Waals surface area contributed by atoms with Crippen molar-refractivity contribution in [1.29, 1.82) is 0 Å². The summed E-state index contributed by atoms with van der Waals surface area (Å²) in [6.07, 6.45) is 2.91. The van der Waals surface area contributed by atoms with Crippen LogP contribution >= 0.6 is 0 Å². The molecule has 4 heteroatoms. The zero-order valence-corrected chi connectivity index (χ0v) is 20.1. The van der Waals surface area contributed by atoms with E-state index in [9.17, 15) is 9.59 Å². The van der Waals surface area contributed by atoms with Crippen molar-refractivity contribution >= 4 is 33.8 Å². The Morgan fingerprint density at radius 1 is 0.722 bits per heavy atom. The Morgan fingerprint density at radius 2 is 1.50 bits per heavy atom. The molecule has 1 N–H and O–H groups in total. The lowest BCUT2D eigenvalue weighted by atomic mass is 9.98. The van der Waals surface area contributed by atoms with Gasteiger partial charge in [-0.05, 0) is 66.4 Å². The maximum atomic E-state index is 13.1. The number of carbonyl (C=O) groups excluding carboxylic acids is 2. The van der Waals surface area contributed by atoms with E-state index in [0.29, 0.717) is 17.5 Å². The molecule has 0 unspecified atom stereocenters. The van der Waals surface area contributed by atoms with Crippen molar-refractivity contribution < 1.29 is 9.59 Å². The summed E-state index contributed by atoms with van der Waals surface area (Å²) in [5.74, 6) is 0.0705. The van der Waals surface area contributed by atoms with Gasteiger partial charge >= 0.3 is 0 Å². The molecule has 0 aliphatic carbocycles. The van der Waals surface area contributed by atoms with Gasteiger partial charge in [-0.15, -0.1) is 0 Å². The number of nitrogens with zero attached hydrogens (tertiary/aromatic N) is 1. The van der Waals surface area contributed by atoms with Gasteiger partial charge in [0.25, 0.3) is 0 Å². The molecule has 1 heterocycles. The van der Waals surface area contributed by atoms with Gasteiger partial charge in [0.1, 0.15) is 0 Å². The Morgan fingerprint density at radius 3 is 2.33 bits per heavy atom. The van der Waals surface area contributed by atoms with Crippen molar-refractivity contribution in [3.05, 3.63) is 137 Å². The lowest BCUT2D eigenvalue weighted by Crippen LogP contribution is -2.05. The van der Waals surface area contributed by atoms with E-state index in [-0.39, 0.29) is 11.6 Å². The van der Waals surface area contributed by atoms with Gasteiger partial charge in [-0.25, -0.2) is 0 Å². The first-order valence-corrected chi connectivity index (χ1v) is 12.0. The molecule has 4 aromatic carbocycles. The number of benzene rings is 4. The summed E-state index contributed by atoms with van der Waals surface area (Å²) in [6.45, 7) is 1.55. The highest BCUT2D eigenvalue weighted by Crippen LogP contribution is 2.27. The van der Waals surface area contributed by atoms with Crippen LogP contribution in [-0.4, -0.2) is 16.6 Å². The highest BCUT2D eigenvalue weighted by Gasteiger charge is 2.11. The largest absolute Gasteiger partial charge is 0.355 e. The third kappa shape index (κ3) is 5.39. The number of hydrogen-bond donors (Lipinski definition) is 1. The number of rotatable bonds is 8. The van der Waals surface area contributed by atoms with Crippen LogP contribution in [0.2, 0.25) is 0 Å². The van der Waals surface area contributed by atoms with E-state index < -0.39 is 0 Å². The molecular weight excluding hydrogens is 444 g/mol. The fraction of sp³-hybridized carbons (Fsp3) is 0.0938. The minimum absolute atomic E-state index is 0.00661. The van der Waals surface area contributed by atoms with Crippen LogP contribution in [0.15, 0.2) is 109 Å². The predicted molar refractivity (Wildman–Crippen MR) is 145 cm³/mol. The Bertz CT molecular complexity index is 1560. The second kappa shape index (κ2) is 10.4. The number of pyridine rings is 1. The number of Topliss-reactive ketones (excluding diaryl/α,β-unsaturated/α-hetero) is 2. The van der Waals surface area contributed by atoms with Gasteiger partial charge in [0.2, 0.25) is 0 Å². The van der Waals surface area contributed by atoms with Crippen molar-refractivity contribution in [1.82, 2.24) is 4.98 Å². The normalized spacial score (nSPS) is 10.8. The van der Waals surface area contributed by atoms with E-state index in [1.54, 1.807) is 19.2 Å². The Kier molecular flexibility index (Phi) is 6.67. The number of fused-ring (bicyclic) bond motifs is 1. The summed E-state index contributed by atoms with van der Waals surface area (Å²) < 4.78 is 0. The number of nitrogens with one attached hydrogen (secondary N) is 1. The number of anilines is 2. The summed E-state index contributed by atoms with van der Waals surface area (Å²) in [7, 11) is 0. The van der Waals surface area contributed by atoms with Gasteiger partial charge < -0.3 is 5.32 Å². The number of carbonyl (C=O) groups is 2. The predicted octanol–water partition coefficient (Wildman–Crippen LogP) is 7.20. The quantitative estimate of drug-likeness (QED) is 0.244. The zero-order chi connectivity index (χ0) is 24.9. The molecule has 0 spiro atoms. The van der Waals surface area contributed by atoms with Crippen LogP contribution in [0.3, 0.4) is 0 Å². The third-order valence-corrected chi connectivity index (χ3v) is 6.22. The molecular formula is C32H26N2O2. The van der Waals surface area contributed by atoms with E-state index in [1.807, 2.05) is 72.8 Å². The third-order valence-electron chi connectivity index (χ3n) is 6.22. The molecule has 1 aromatic heterocycles. The van der Waals surface area contributed by atoms with Crippen molar-refractivity contribution in [3.63, 3.8) is 0 Å². The molecule has 0 aliphatic rings. The van der Waals surface area contributed by atoms with Gasteiger partial charge in [0.05, 0.1) is 5.52 Å². The molecule has 0 bridgehead atoms. The first-order chi connectivity index (χ1) is 17.5. The highest BCUT2D eigenvalue weighted by molar-refractivity contribution is 6.02. The van der Waals surface area contributed by atoms with E-state index >= 15 is 0 Å². The molecule has 0 aliphatic heterocycles. The second-order valence-corrected chi connectivity index (χ2v) is 8.93. The van der Waals surface area contributed by atoms with Crippen LogP contribution in [0.4, 0.5) is 11.4 Å². The standard InChI is InChI=1S/C32H26N2O2/c1-22(35)26-13-14-30-29(21-26)31(15-16-33-30)34-28-12-6-11-27(20-28)32(36)19-25-10-5-9-24(18-25)17-23-7-3-2-4-8-23/h2-16,18,20-21H,17,19H2,1H3,(H,33,34). The van der Waals surface area contributed by atoms with Gasteiger partial charge in [-0.2, -0.15) is 0 Å². The van der Waals surface area contributed by atoms with Crippen molar-refractivity contribution in [3.8, 4) is 0 Å². The van der Waals surface area contributed by atoms with E-state index in [1.165, 1.54) is 11.1 Å².